The number of benzene rings is 2. The molecule has 0 fully saturated rings. The van der Waals surface area contributed by atoms with Gasteiger partial charge in [0, 0.05) is 18.2 Å². The largest absolute Gasteiger partial charge is 0.445 e. The number of aryl methyl sites for hydroxylation is 1. The van der Waals surface area contributed by atoms with Crippen molar-refractivity contribution in [3.63, 3.8) is 0 Å². The van der Waals surface area contributed by atoms with Gasteiger partial charge in [0.2, 0.25) is 0 Å². The SMILES string of the molecule is Cc1cc(CNC(=O)OCc2ccccc2)ccc1[N+](=O)[O-]. The van der Waals surface area contributed by atoms with Gasteiger partial charge in [0.1, 0.15) is 6.61 Å². The van der Waals surface area contributed by atoms with Gasteiger partial charge in [0.15, 0.2) is 0 Å². The van der Waals surface area contributed by atoms with E-state index in [0.29, 0.717) is 5.56 Å². The van der Waals surface area contributed by atoms with Crippen LogP contribution in [0.5, 0.6) is 0 Å². The fourth-order valence-electron chi connectivity index (χ4n) is 1.98. The smallest absolute Gasteiger partial charge is 0.407 e. The minimum atomic E-state index is -0.528. The summed E-state index contributed by atoms with van der Waals surface area (Å²) in [7, 11) is 0. The zero-order valence-electron chi connectivity index (χ0n) is 12.1. The first-order valence-corrected chi connectivity index (χ1v) is 6.75. The molecule has 0 radical (unpaired) electrons. The molecule has 6 heteroatoms. The van der Waals surface area contributed by atoms with Crippen molar-refractivity contribution < 1.29 is 14.5 Å². The van der Waals surface area contributed by atoms with Crippen LogP contribution in [0.15, 0.2) is 48.5 Å². The van der Waals surface area contributed by atoms with Gasteiger partial charge in [-0.15, -0.1) is 0 Å². The van der Waals surface area contributed by atoms with Crippen molar-refractivity contribution in [1.29, 1.82) is 0 Å². The molecule has 2 aromatic carbocycles. The van der Waals surface area contributed by atoms with E-state index >= 15 is 0 Å². The fourth-order valence-corrected chi connectivity index (χ4v) is 1.98. The highest BCUT2D eigenvalue weighted by Crippen LogP contribution is 2.18. The molecule has 6 nitrogen and oxygen atoms in total. The minimum Gasteiger partial charge on any atom is -0.445 e. The lowest BCUT2D eigenvalue weighted by atomic mass is 10.1. The van der Waals surface area contributed by atoms with Crippen molar-refractivity contribution in [1.82, 2.24) is 5.32 Å². The maximum absolute atomic E-state index is 11.6. The first-order valence-electron chi connectivity index (χ1n) is 6.75. The van der Waals surface area contributed by atoms with Gasteiger partial charge in [0.25, 0.3) is 5.69 Å². The van der Waals surface area contributed by atoms with Crippen molar-refractivity contribution in [3.8, 4) is 0 Å². The number of ether oxygens (including phenoxy) is 1. The topological polar surface area (TPSA) is 81.5 Å². The summed E-state index contributed by atoms with van der Waals surface area (Å²) in [6.07, 6.45) is -0.528. The molecule has 1 N–H and O–H groups in total. The normalized spacial score (nSPS) is 10.0. The molecular formula is C16H16N2O4. The van der Waals surface area contributed by atoms with Gasteiger partial charge < -0.3 is 10.1 Å². The Kier molecular flexibility index (Phi) is 5.08. The zero-order valence-corrected chi connectivity index (χ0v) is 12.1. The van der Waals surface area contributed by atoms with E-state index in [0.717, 1.165) is 11.1 Å². The summed E-state index contributed by atoms with van der Waals surface area (Å²) in [5.41, 5.74) is 2.31. The van der Waals surface area contributed by atoms with Crippen LogP contribution in [0.25, 0.3) is 0 Å². The van der Waals surface area contributed by atoms with Crippen molar-refractivity contribution in [2.45, 2.75) is 20.1 Å². The van der Waals surface area contributed by atoms with Crippen molar-refractivity contribution in [2.24, 2.45) is 0 Å². The molecule has 0 aliphatic carbocycles. The number of carbonyl (C=O) groups is 1. The molecule has 0 unspecified atom stereocenters. The first kappa shape index (κ1) is 15.5. The molecule has 0 heterocycles. The zero-order chi connectivity index (χ0) is 15.9. The van der Waals surface area contributed by atoms with E-state index in [2.05, 4.69) is 5.32 Å². The lowest BCUT2D eigenvalue weighted by molar-refractivity contribution is -0.385. The summed E-state index contributed by atoms with van der Waals surface area (Å²) in [6.45, 7) is 2.12. The summed E-state index contributed by atoms with van der Waals surface area (Å²) >= 11 is 0. The van der Waals surface area contributed by atoms with Gasteiger partial charge in [-0.2, -0.15) is 0 Å². The number of nitrogens with zero attached hydrogens (tertiary/aromatic N) is 1. The van der Waals surface area contributed by atoms with E-state index in [-0.39, 0.29) is 18.8 Å². The number of nitro groups is 1. The Hall–Kier alpha value is -2.89. The standard InChI is InChI=1S/C16H16N2O4/c1-12-9-14(7-8-15(12)18(20)21)10-17-16(19)22-11-13-5-3-2-4-6-13/h2-9H,10-11H2,1H3,(H,17,19). The minimum absolute atomic E-state index is 0.0652. The Labute approximate surface area is 127 Å². The van der Waals surface area contributed by atoms with Gasteiger partial charge in [-0.25, -0.2) is 4.79 Å². The molecule has 0 aliphatic rings. The van der Waals surface area contributed by atoms with Gasteiger partial charge in [-0.05, 0) is 24.1 Å². The van der Waals surface area contributed by atoms with Crippen LogP contribution in [0.4, 0.5) is 10.5 Å². The van der Waals surface area contributed by atoms with Gasteiger partial charge in [-0.1, -0.05) is 36.4 Å². The van der Waals surface area contributed by atoms with Crippen molar-refractivity contribution in [2.75, 3.05) is 0 Å². The molecule has 114 valence electrons. The van der Waals surface area contributed by atoms with E-state index in [1.165, 1.54) is 6.07 Å². The Morgan fingerprint density at radius 2 is 1.91 bits per heavy atom. The van der Waals surface area contributed by atoms with Crippen LogP contribution in [0.1, 0.15) is 16.7 Å². The van der Waals surface area contributed by atoms with E-state index in [1.54, 1.807) is 19.1 Å². The molecular weight excluding hydrogens is 284 g/mol. The number of rotatable bonds is 5. The molecule has 22 heavy (non-hydrogen) atoms. The Balaban J connectivity index is 1.83. The van der Waals surface area contributed by atoms with Gasteiger partial charge in [-0.3, -0.25) is 10.1 Å². The predicted octanol–water partition coefficient (Wildman–Crippen LogP) is 3.33. The molecule has 2 aromatic rings. The number of nitro benzene ring substituents is 1. The van der Waals surface area contributed by atoms with E-state index in [1.807, 2.05) is 30.3 Å². The number of carbonyl (C=O) groups excluding carboxylic acids is 1. The van der Waals surface area contributed by atoms with Crippen molar-refractivity contribution in [3.05, 3.63) is 75.3 Å². The quantitative estimate of drug-likeness (QED) is 0.678. The Morgan fingerprint density at radius 1 is 1.18 bits per heavy atom. The molecule has 1 amide bonds. The number of alkyl carbamates (subject to hydrolysis) is 1. The predicted molar refractivity (Wildman–Crippen MR) is 81.3 cm³/mol. The summed E-state index contributed by atoms with van der Waals surface area (Å²) in [5, 5.41) is 13.3. The molecule has 0 atom stereocenters. The van der Waals surface area contributed by atoms with Crippen LogP contribution < -0.4 is 5.32 Å². The van der Waals surface area contributed by atoms with Crippen LogP contribution >= 0.6 is 0 Å². The van der Waals surface area contributed by atoms with E-state index in [4.69, 9.17) is 4.74 Å². The molecule has 0 saturated heterocycles. The first-order chi connectivity index (χ1) is 10.6. The molecule has 2 rings (SSSR count). The highest BCUT2D eigenvalue weighted by molar-refractivity contribution is 5.67. The van der Waals surface area contributed by atoms with E-state index < -0.39 is 11.0 Å². The van der Waals surface area contributed by atoms with Crippen LogP contribution in [0.2, 0.25) is 0 Å². The molecule has 0 aliphatic heterocycles. The second-order valence-corrected chi connectivity index (χ2v) is 4.79. The number of amides is 1. The highest BCUT2D eigenvalue weighted by atomic mass is 16.6. The molecule has 0 bridgehead atoms. The molecule has 0 spiro atoms. The van der Waals surface area contributed by atoms with Crippen molar-refractivity contribution >= 4 is 11.8 Å². The second-order valence-electron chi connectivity index (χ2n) is 4.79. The Morgan fingerprint density at radius 3 is 2.55 bits per heavy atom. The molecule has 0 saturated carbocycles. The maximum Gasteiger partial charge on any atom is 0.407 e. The Bertz CT molecular complexity index is 671. The summed E-state index contributed by atoms with van der Waals surface area (Å²) in [5.74, 6) is 0. The maximum atomic E-state index is 11.6. The number of hydrogen-bond donors (Lipinski definition) is 1. The summed E-state index contributed by atoms with van der Waals surface area (Å²) in [6, 6.07) is 14.1. The van der Waals surface area contributed by atoms with Gasteiger partial charge in [0.05, 0.1) is 4.92 Å². The average molecular weight is 300 g/mol. The number of nitrogens with one attached hydrogen (secondary N) is 1. The third-order valence-corrected chi connectivity index (χ3v) is 3.11. The lowest BCUT2D eigenvalue weighted by Crippen LogP contribution is -2.23. The second kappa shape index (κ2) is 7.21. The highest BCUT2D eigenvalue weighted by Gasteiger charge is 2.10. The van der Waals surface area contributed by atoms with E-state index in [9.17, 15) is 14.9 Å². The summed E-state index contributed by atoms with van der Waals surface area (Å²) in [4.78, 5) is 21.9. The number of hydrogen-bond acceptors (Lipinski definition) is 4. The third kappa shape index (κ3) is 4.31. The van der Waals surface area contributed by atoms with Crippen LogP contribution in [-0.2, 0) is 17.9 Å². The monoisotopic (exact) mass is 300 g/mol. The average Bonchev–Trinajstić information content (AvgIpc) is 2.51. The molecule has 0 aromatic heterocycles. The fraction of sp³-hybridized carbons (Fsp3) is 0.188. The van der Waals surface area contributed by atoms with Crippen LogP contribution in [-0.4, -0.2) is 11.0 Å². The van der Waals surface area contributed by atoms with Gasteiger partial charge >= 0.3 is 6.09 Å². The van der Waals surface area contributed by atoms with Crippen LogP contribution in [0, 0.1) is 17.0 Å². The van der Waals surface area contributed by atoms with Crippen LogP contribution in [0.3, 0.4) is 0 Å². The lowest BCUT2D eigenvalue weighted by Gasteiger charge is -2.08. The summed E-state index contributed by atoms with van der Waals surface area (Å²) < 4.78 is 5.08. The third-order valence-electron chi connectivity index (χ3n) is 3.11.